The van der Waals surface area contributed by atoms with Gasteiger partial charge >= 0.3 is 12.1 Å². The first-order valence-electron chi connectivity index (χ1n) is 9.31. The van der Waals surface area contributed by atoms with Crippen LogP contribution in [0.3, 0.4) is 0 Å². The Bertz CT molecular complexity index is 1280. The van der Waals surface area contributed by atoms with Crippen molar-refractivity contribution >= 4 is 37.0 Å². The minimum Gasteiger partial charge on any atom is -0.404 e. The molecule has 0 bridgehead atoms. The Hall–Kier alpha value is -2.31. The summed E-state index contributed by atoms with van der Waals surface area (Å²) in [5.41, 5.74) is 1.13. The zero-order valence-electron chi connectivity index (χ0n) is 15.9. The lowest BCUT2D eigenvalue weighted by molar-refractivity contribution is -0.275. The van der Waals surface area contributed by atoms with Crippen LogP contribution in [-0.2, 0) is 10.0 Å². The number of fused-ring (bicyclic) bond motifs is 1. The number of rotatable bonds is 4. The first-order valence-corrected chi connectivity index (χ1v) is 11.5. The first-order chi connectivity index (χ1) is 14.6. The molecule has 1 saturated heterocycles. The van der Waals surface area contributed by atoms with E-state index in [9.17, 15) is 26.4 Å². The summed E-state index contributed by atoms with van der Waals surface area (Å²) >= 11 is 3.03. The van der Waals surface area contributed by atoms with Crippen molar-refractivity contribution in [1.29, 1.82) is 0 Å². The number of H-pyrrole nitrogens is 1. The summed E-state index contributed by atoms with van der Waals surface area (Å²) in [6.45, 7) is 0.112. The lowest BCUT2D eigenvalue weighted by Crippen LogP contribution is -2.40. The number of aromatic amines is 1. The fourth-order valence-electron chi connectivity index (χ4n) is 3.82. The molecule has 0 unspecified atom stereocenters. The van der Waals surface area contributed by atoms with Crippen molar-refractivity contribution in [3.63, 3.8) is 0 Å². The molecular formula is C19H17BrF3N3O4S. The van der Waals surface area contributed by atoms with Crippen molar-refractivity contribution in [2.24, 2.45) is 0 Å². The minimum absolute atomic E-state index is 0.0560. The van der Waals surface area contributed by atoms with Gasteiger partial charge in [-0.15, -0.1) is 13.2 Å². The predicted octanol–water partition coefficient (Wildman–Crippen LogP) is 4.02. The van der Waals surface area contributed by atoms with E-state index in [1.807, 2.05) is 0 Å². The van der Waals surface area contributed by atoms with Gasteiger partial charge in [0.1, 0.15) is 4.90 Å². The fourth-order valence-corrected chi connectivity index (χ4v) is 5.72. The summed E-state index contributed by atoms with van der Waals surface area (Å²) in [6.07, 6.45) is -4.35. The van der Waals surface area contributed by atoms with Gasteiger partial charge in [-0.3, -0.25) is 4.57 Å². The van der Waals surface area contributed by atoms with Gasteiger partial charge in [-0.1, -0.05) is 28.1 Å². The molecule has 0 amide bonds. The number of imidazole rings is 1. The summed E-state index contributed by atoms with van der Waals surface area (Å²) < 4.78 is 71.4. The van der Waals surface area contributed by atoms with Crippen molar-refractivity contribution in [1.82, 2.24) is 13.9 Å². The van der Waals surface area contributed by atoms with Gasteiger partial charge in [-0.05, 0) is 43.2 Å². The second kappa shape index (κ2) is 7.99. The quantitative estimate of drug-likeness (QED) is 0.564. The Morgan fingerprint density at radius 1 is 1.10 bits per heavy atom. The number of nitrogens with zero attached hydrogens (tertiary/aromatic N) is 2. The minimum atomic E-state index is -5.03. The van der Waals surface area contributed by atoms with Crippen LogP contribution >= 0.6 is 15.9 Å². The normalized spacial score (nSPS) is 16.6. The van der Waals surface area contributed by atoms with Crippen molar-refractivity contribution in [2.75, 3.05) is 13.1 Å². The van der Waals surface area contributed by atoms with Crippen LogP contribution in [0.4, 0.5) is 13.2 Å². The zero-order chi connectivity index (χ0) is 22.4. The summed E-state index contributed by atoms with van der Waals surface area (Å²) in [4.78, 5) is 14.6. The molecule has 3 aromatic rings. The number of alkyl halides is 3. The summed E-state index contributed by atoms with van der Waals surface area (Å²) in [5.74, 6) is -0.795. The molecule has 1 aromatic heterocycles. The smallest absolute Gasteiger partial charge is 0.404 e. The molecule has 0 aliphatic carbocycles. The van der Waals surface area contributed by atoms with Crippen molar-refractivity contribution in [2.45, 2.75) is 30.1 Å². The number of nitrogens with one attached hydrogen (secondary N) is 1. The number of sulfonamides is 1. The zero-order valence-corrected chi connectivity index (χ0v) is 18.3. The number of hydrogen-bond acceptors (Lipinski definition) is 4. The largest absolute Gasteiger partial charge is 0.573 e. The SMILES string of the molecule is O=c1[nH]c2ccccc2n1C1CCN(S(=O)(=O)c2ccc(Br)cc2OC(F)(F)F)CC1. The van der Waals surface area contributed by atoms with Gasteiger partial charge in [-0.25, -0.2) is 13.2 Å². The third kappa shape index (κ3) is 4.37. The second-order valence-electron chi connectivity index (χ2n) is 7.09. The molecule has 12 heteroatoms. The highest BCUT2D eigenvalue weighted by molar-refractivity contribution is 9.10. The number of aromatic nitrogens is 2. The van der Waals surface area contributed by atoms with Gasteiger partial charge in [0, 0.05) is 23.6 Å². The van der Waals surface area contributed by atoms with Crippen molar-refractivity contribution in [3.05, 3.63) is 57.4 Å². The lowest BCUT2D eigenvalue weighted by Gasteiger charge is -2.32. The van der Waals surface area contributed by atoms with Gasteiger partial charge in [0.15, 0.2) is 5.75 Å². The van der Waals surface area contributed by atoms with Crippen LogP contribution in [0.2, 0.25) is 0 Å². The van der Waals surface area contributed by atoms with E-state index < -0.39 is 27.0 Å². The number of hydrogen-bond donors (Lipinski definition) is 1. The Morgan fingerprint density at radius 3 is 2.45 bits per heavy atom. The molecule has 2 aromatic carbocycles. The van der Waals surface area contributed by atoms with E-state index >= 15 is 0 Å². The number of benzene rings is 2. The molecule has 4 rings (SSSR count). The molecule has 31 heavy (non-hydrogen) atoms. The van der Waals surface area contributed by atoms with E-state index in [2.05, 4.69) is 25.7 Å². The third-order valence-electron chi connectivity index (χ3n) is 5.16. The molecule has 0 saturated carbocycles. The Kier molecular flexibility index (Phi) is 5.64. The Morgan fingerprint density at radius 2 is 1.77 bits per heavy atom. The van der Waals surface area contributed by atoms with Gasteiger partial charge in [0.05, 0.1) is 11.0 Å². The standard InChI is InChI=1S/C19H17BrF3N3O4S/c20-12-5-6-17(16(11-12)30-19(21,22)23)31(28,29)25-9-7-13(8-10-25)26-15-4-2-1-3-14(15)24-18(26)27/h1-6,11,13H,7-10H2,(H,24,27). The highest BCUT2D eigenvalue weighted by Crippen LogP contribution is 2.35. The van der Waals surface area contributed by atoms with Crippen LogP contribution < -0.4 is 10.4 Å². The molecular weight excluding hydrogens is 503 g/mol. The van der Waals surface area contributed by atoms with Gasteiger partial charge in [0.2, 0.25) is 10.0 Å². The summed E-state index contributed by atoms with van der Waals surface area (Å²) in [5, 5.41) is 0. The van der Waals surface area contributed by atoms with E-state index in [0.717, 1.165) is 22.0 Å². The fraction of sp³-hybridized carbons (Fsp3) is 0.316. The highest BCUT2D eigenvalue weighted by Gasteiger charge is 2.37. The number of ether oxygens (including phenoxy) is 1. The van der Waals surface area contributed by atoms with E-state index in [1.165, 1.54) is 6.07 Å². The molecule has 1 fully saturated rings. The molecule has 7 nitrogen and oxygen atoms in total. The topological polar surface area (TPSA) is 84.4 Å². The number of para-hydroxylation sites is 2. The van der Waals surface area contributed by atoms with Crippen molar-refractivity contribution in [3.8, 4) is 5.75 Å². The molecule has 0 spiro atoms. The number of halogens is 4. The molecule has 2 heterocycles. The van der Waals surface area contributed by atoms with Crippen LogP contribution in [-0.4, -0.2) is 41.7 Å². The molecule has 1 aliphatic rings. The van der Waals surface area contributed by atoms with Crippen LogP contribution in [0.1, 0.15) is 18.9 Å². The lowest BCUT2D eigenvalue weighted by atomic mass is 10.1. The maximum Gasteiger partial charge on any atom is 0.573 e. The monoisotopic (exact) mass is 519 g/mol. The average Bonchev–Trinajstić information content (AvgIpc) is 3.02. The maximum absolute atomic E-state index is 13.1. The van der Waals surface area contributed by atoms with Crippen LogP contribution in [0, 0.1) is 0 Å². The van der Waals surface area contributed by atoms with Crippen LogP contribution in [0.15, 0.2) is 56.6 Å². The van der Waals surface area contributed by atoms with E-state index in [0.29, 0.717) is 18.4 Å². The van der Waals surface area contributed by atoms with Crippen molar-refractivity contribution < 1.29 is 26.3 Å². The molecule has 1 N–H and O–H groups in total. The van der Waals surface area contributed by atoms with Crippen LogP contribution in [0.25, 0.3) is 11.0 Å². The Labute approximate surface area is 183 Å². The van der Waals surface area contributed by atoms with E-state index in [-0.39, 0.29) is 29.3 Å². The number of piperidine rings is 1. The summed E-state index contributed by atoms with van der Waals surface area (Å²) in [7, 11) is -4.23. The Balaban J connectivity index is 1.59. The average molecular weight is 520 g/mol. The maximum atomic E-state index is 13.1. The molecule has 1 aliphatic heterocycles. The predicted molar refractivity (Wildman–Crippen MR) is 110 cm³/mol. The van der Waals surface area contributed by atoms with Gasteiger partial charge in [-0.2, -0.15) is 4.31 Å². The second-order valence-corrected chi connectivity index (χ2v) is 9.91. The molecule has 0 atom stereocenters. The highest BCUT2D eigenvalue weighted by atomic mass is 79.9. The molecule has 0 radical (unpaired) electrons. The van der Waals surface area contributed by atoms with Gasteiger partial charge in [0.25, 0.3) is 0 Å². The van der Waals surface area contributed by atoms with Gasteiger partial charge < -0.3 is 9.72 Å². The first kappa shape index (κ1) is 21.9. The molecule has 166 valence electrons. The summed E-state index contributed by atoms with van der Waals surface area (Å²) in [6, 6.07) is 10.4. The van der Waals surface area contributed by atoms with Crippen LogP contribution in [0.5, 0.6) is 5.75 Å². The van der Waals surface area contributed by atoms with E-state index in [1.54, 1.807) is 28.8 Å². The third-order valence-corrected chi connectivity index (χ3v) is 7.59. The van der Waals surface area contributed by atoms with E-state index in [4.69, 9.17) is 0 Å².